The zero-order valence-corrected chi connectivity index (χ0v) is 15.5. The fourth-order valence-corrected chi connectivity index (χ4v) is 3.97. The molecule has 140 valence electrons. The second kappa shape index (κ2) is 8.17. The van der Waals surface area contributed by atoms with Gasteiger partial charge in [0, 0.05) is 30.9 Å². The highest BCUT2D eigenvalue weighted by Crippen LogP contribution is 2.15. The monoisotopic (exact) mass is 398 g/mol. The second-order valence-corrected chi connectivity index (χ2v) is 8.13. The molecule has 8 nitrogen and oxygen atoms in total. The van der Waals surface area contributed by atoms with Crippen molar-refractivity contribution in [3.63, 3.8) is 0 Å². The molecule has 0 atom stereocenters. The number of amides is 1. The number of imidazole rings is 1. The molecule has 1 aliphatic heterocycles. The van der Waals surface area contributed by atoms with Gasteiger partial charge in [0.1, 0.15) is 6.54 Å². The Labute approximate surface area is 156 Å². The van der Waals surface area contributed by atoms with E-state index >= 15 is 0 Å². The molecule has 1 amide bonds. The van der Waals surface area contributed by atoms with E-state index in [0.717, 1.165) is 5.56 Å². The summed E-state index contributed by atoms with van der Waals surface area (Å²) in [6.45, 7) is 1.69. The predicted octanol–water partition coefficient (Wildman–Crippen LogP) is 0.874. The molecular formula is C16H19ClN4O4S. The largest absolute Gasteiger partial charge is 0.379 e. The fourth-order valence-electron chi connectivity index (χ4n) is 2.50. The van der Waals surface area contributed by atoms with Crippen LogP contribution >= 0.6 is 11.6 Å². The van der Waals surface area contributed by atoms with E-state index in [1.807, 2.05) is 12.1 Å². The van der Waals surface area contributed by atoms with Crippen LogP contribution in [-0.4, -0.2) is 54.5 Å². The van der Waals surface area contributed by atoms with E-state index in [-0.39, 0.29) is 17.5 Å². The number of carbonyl (C=O) groups excluding carboxylic acids is 1. The fraction of sp³-hybridized carbons (Fsp3) is 0.375. The lowest BCUT2D eigenvalue weighted by Gasteiger charge is -2.24. The molecule has 3 rings (SSSR count). The minimum Gasteiger partial charge on any atom is -0.379 e. The molecule has 0 bridgehead atoms. The first-order valence-corrected chi connectivity index (χ1v) is 9.88. The van der Waals surface area contributed by atoms with E-state index in [1.165, 1.54) is 21.4 Å². The third-order valence-corrected chi connectivity index (χ3v) is 5.95. The van der Waals surface area contributed by atoms with E-state index in [2.05, 4.69) is 10.3 Å². The smallest absolute Gasteiger partial charge is 0.262 e. The van der Waals surface area contributed by atoms with Gasteiger partial charge in [-0.15, -0.1) is 0 Å². The molecule has 1 aromatic carbocycles. The number of carbonyl (C=O) groups is 1. The van der Waals surface area contributed by atoms with Crippen LogP contribution in [0.5, 0.6) is 0 Å². The van der Waals surface area contributed by atoms with Gasteiger partial charge in [0.05, 0.1) is 19.5 Å². The number of aromatic nitrogens is 2. The number of benzene rings is 1. The van der Waals surface area contributed by atoms with Crippen LogP contribution in [-0.2, 0) is 32.6 Å². The molecular weight excluding hydrogens is 380 g/mol. The summed E-state index contributed by atoms with van der Waals surface area (Å²) in [5.74, 6) is -0.243. The Kier molecular flexibility index (Phi) is 5.92. The Hall–Kier alpha value is -1.94. The minimum atomic E-state index is -3.66. The summed E-state index contributed by atoms with van der Waals surface area (Å²) in [5, 5.41) is 3.34. The molecule has 1 aromatic heterocycles. The number of hydrogen-bond donors (Lipinski definition) is 1. The van der Waals surface area contributed by atoms with Crippen LogP contribution in [0.3, 0.4) is 0 Å². The van der Waals surface area contributed by atoms with Gasteiger partial charge in [-0.25, -0.2) is 13.4 Å². The van der Waals surface area contributed by atoms with Crippen molar-refractivity contribution >= 4 is 27.5 Å². The molecule has 2 aromatic rings. The Balaban J connectivity index is 1.57. The van der Waals surface area contributed by atoms with Crippen LogP contribution in [0.1, 0.15) is 5.56 Å². The Morgan fingerprint density at radius 2 is 1.92 bits per heavy atom. The van der Waals surface area contributed by atoms with Gasteiger partial charge in [-0.05, 0) is 17.7 Å². The van der Waals surface area contributed by atoms with Gasteiger partial charge in [0.15, 0.2) is 5.03 Å². The van der Waals surface area contributed by atoms with Crippen LogP contribution in [0.25, 0.3) is 0 Å². The van der Waals surface area contributed by atoms with Gasteiger partial charge in [-0.1, -0.05) is 23.7 Å². The highest BCUT2D eigenvalue weighted by molar-refractivity contribution is 7.89. The second-order valence-electron chi connectivity index (χ2n) is 5.80. The number of halogens is 1. The average Bonchev–Trinajstić information content (AvgIpc) is 3.11. The van der Waals surface area contributed by atoms with Crippen molar-refractivity contribution < 1.29 is 17.9 Å². The van der Waals surface area contributed by atoms with E-state index < -0.39 is 10.0 Å². The van der Waals surface area contributed by atoms with Gasteiger partial charge in [0.25, 0.3) is 10.0 Å². The molecule has 0 saturated carbocycles. The molecule has 1 saturated heterocycles. The van der Waals surface area contributed by atoms with Gasteiger partial charge in [-0.2, -0.15) is 4.31 Å². The Morgan fingerprint density at radius 1 is 1.23 bits per heavy atom. The van der Waals surface area contributed by atoms with Crippen molar-refractivity contribution in [2.24, 2.45) is 0 Å². The lowest BCUT2D eigenvalue weighted by atomic mass is 10.2. The summed E-state index contributed by atoms with van der Waals surface area (Å²) >= 11 is 5.82. The molecule has 0 unspecified atom stereocenters. The summed E-state index contributed by atoms with van der Waals surface area (Å²) in [6, 6.07) is 7.16. The number of morpholine rings is 1. The maximum atomic E-state index is 12.5. The standard InChI is InChI=1S/C16H19ClN4O4S/c17-14-3-1-13(2-4-14)9-18-15(22)10-20-11-16(19-12-20)26(23,24)21-5-7-25-8-6-21/h1-4,11-12H,5-10H2,(H,18,22). The maximum absolute atomic E-state index is 12.5. The summed E-state index contributed by atoms with van der Waals surface area (Å²) < 4.78 is 33.0. The third-order valence-electron chi connectivity index (χ3n) is 3.91. The lowest BCUT2D eigenvalue weighted by Crippen LogP contribution is -2.40. The SMILES string of the molecule is O=C(Cn1cnc(S(=O)(=O)N2CCOCC2)c1)NCc1ccc(Cl)cc1. The third kappa shape index (κ3) is 4.61. The van der Waals surface area contributed by atoms with Crippen LogP contribution in [0.2, 0.25) is 5.02 Å². The summed E-state index contributed by atoms with van der Waals surface area (Å²) in [5.41, 5.74) is 0.920. The number of sulfonamides is 1. The lowest BCUT2D eigenvalue weighted by molar-refractivity contribution is -0.121. The molecule has 2 heterocycles. The van der Waals surface area contributed by atoms with Crippen molar-refractivity contribution in [3.05, 3.63) is 47.4 Å². The van der Waals surface area contributed by atoms with Crippen LogP contribution < -0.4 is 5.32 Å². The van der Waals surface area contributed by atoms with Crippen molar-refractivity contribution in [2.75, 3.05) is 26.3 Å². The van der Waals surface area contributed by atoms with E-state index in [0.29, 0.717) is 37.9 Å². The van der Waals surface area contributed by atoms with Crippen molar-refractivity contribution in [1.82, 2.24) is 19.2 Å². The molecule has 0 aliphatic carbocycles. The molecule has 10 heteroatoms. The molecule has 1 fully saturated rings. The van der Waals surface area contributed by atoms with Crippen LogP contribution in [0, 0.1) is 0 Å². The first-order valence-electron chi connectivity index (χ1n) is 8.06. The molecule has 0 spiro atoms. The molecule has 0 radical (unpaired) electrons. The van der Waals surface area contributed by atoms with E-state index in [4.69, 9.17) is 16.3 Å². The number of nitrogens with zero attached hydrogens (tertiary/aromatic N) is 3. The summed E-state index contributed by atoms with van der Waals surface area (Å²) in [7, 11) is -3.66. The average molecular weight is 399 g/mol. The van der Waals surface area contributed by atoms with E-state index in [9.17, 15) is 13.2 Å². The quantitative estimate of drug-likeness (QED) is 0.779. The first kappa shape index (κ1) is 18.8. The van der Waals surface area contributed by atoms with Crippen LogP contribution in [0.15, 0.2) is 41.8 Å². The van der Waals surface area contributed by atoms with E-state index in [1.54, 1.807) is 12.1 Å². The molecule has 26 heavy (non-hydrogen) atoms. The molecule has 1 aliphatic rings. The van der Waals surface area contributed by atoms with Gasteiger partial charge >= 0.3 is 0 Å². The zero-order valence-electron chi connectivity index (χ0n) is 14.0. The number of rotatable bonds is 6. The predicted molar refractivity (Wildman–Crippen MR) is 95.1 cm³/mol. The number of ether oxygens (including phenoxy) is 1. The molecule has 1 N–H and O–H groups in total. The maximum Gasteiger partial charge on any atom is 0.262 e. The minimum absolute atomic E-state index is 0.0147. The highest BCUT2D eigenvalue weighted by atomic mass is 35.5. The first-order chi connectivity index (χ1) is 12.4. The summed E-state index contributed by atoms with van der Waals surface area (Å²) in [4.78, 5) is 16.0. The van der Waals surface area contributed by atoms with Crippen molar-refractivity contribution in [3.8, 4) is 0 Å². The normalized spacial score (nSPS) is 15.7. The van der Waals surface area contributed by atoms with Crippen molar-refractivity contribution in [1.29, 1.82) is 0 Å². The van der Waals surface area contributed by atoms with Gasteiger partial charge < -0.3 is 14.6 Å². The van der Waals surface area contributed by atoms with Crippen LogP contribution in [0.4, 0.5) is 0 Å². The topological polar surface area (TPSA) is 93.5 Å². The number of nitrogens with one attached hydrogen (secondary N) is 1. The van der Waals surface area contributed by atoms with Gasteiger partial charge in [-0.3, -0.25) is 4.79 Å². The zero-order chi connectivity index (χ0) is 18.6. The Bertz CT molecular complexity index is 861. The summed E-state index contributed by atoms with van der Waals surface area (Å²) in [6.07, 6.45) is 2.71. The van der Waals surface area contributed by atoms with Crippen molar-refractivity contribution in [2.45, 2.75) is 18.1 Å². The highest BCUT2D eigenvalue weighted by Gasteiger charge is 2.28. The number of hydrogen-bond acceptors (Lipinski definition) is 5. The Morgan fingerprint density at radius 3 is 2.62 bits per heavy atom. The van der Waals surface area contributed by atoms with Gasteiger partial charge in [0.2, 0.25) is 5.91 Å².